The Morgan fingerprint density at radius 3 is 2.65 bits per heavy atom. The molecular formula is C19H17BrClNO. The summed E-state index contributed by atoms with van der Waals surface area (Å²) in [5.74, 6) is 0.838. The molecule has 0 aromatic heterocycles. The van der Waals surface area contributed by atoms with Crippen molar-refractivity contribution in [2.24, 2.45) is 0 Å². The number of rotatable bonds is 0. The number of para-hydroxylation sites is 1. The van der Waals surface area contributed by atoms with Crippen molar-refractivity contribution in [3.05, 3.63) is 63.1 Å². The van der Waals surface area contributed by atoms with E-state index in [0.717, 1.165) is 15.8 Å². The van der Waals surface area contributed by atoms with E-state index in [2.05, 4.69) is 78.1 Å². The Balaban J connectivity index is 1.92. The highest BCUT2D eigenvalue weighted by atomic mass is 79.9. The van der Waals surface area contributed by atoms with E-state index in [4.69, 9.17) is 16.3 Å². The molecule has 2 aliphatic heterocycles. The molecule has 0 bridgehead atoms. The van der Waals surface area contributed by atoms with Crippen LogP contribution in [-0.2, 0) is 5.41 Å². The maximum Gasteiger partial charge on any atom is 0.211 e. The lowest BCUT2D eigenvalue weighted by Gasteiger charge is -2.46. The van der Waals surface area contributed by atoms with E-state index in [0.29, 0.717) is 5.02 Å². The van der Waals surface area contributed by atoms with Gasteiger partial charge in [0.2, 0.25) is 5.72 Å². The van der Waals surface area contributed by atoms with E-state index in [1.54, 1.807) is 0 Å². The summed E-state index contributed by atoms with van der Waals surface area (Å²) in [4.78, 5) is 2.23. The zero-order chi connectivity index (χ0) is 16.4. The SMILES string of the molecule is CN1c2ccccc2C(C)(C)C12C=Cc1cc(Cl)cc(Br)c1O2. The number of fused-ring (bicyclic) bond motifs is 2. The fraction of sp³-hybridized carbons (Fsp3) is 0.263. The molecule has 1 atom stereocenters. The third kappa shape index (κ3) is 1.87. The van der Waals surface area contributed by atoms with Crippen molar-refractivity contribution >= 4 is 39.3 Å². The number of benzene rings is 2. The number of anilines is 1. The molecule has 0 saturated heterocycles. The van der Waals surface area contributed by atoms with E-state index < -0.39 is 5.72 Å². The second-order valence-electron chi connectivity index (χ2n) is 6.64. The molecule has 0 saturated carbocycles. The summed E-state index contributed by atoms with van der Waals surface area (Å²) >= 11 is 9.76. The number of hydrogen-bond donors (Lipinski definition) is 0. The predicted molar refractivity (Wildman–Crippen MR) is 99.4 cm³/mol. The van der Waals surface area contributed by atoms with E-state index in [-0.39, 0.29) is 5.41 Å². The van der Waals surface area contributed by atoms with Crippen molar-refractivity contribution in [2.75, 3.05) is 11.9 Å². The lowest BCUT2D eigenvalue weighted by atomic mass is 9.76. The highest BCUT2D eigenvalue weighted by molar-refractivity contribution is 9.10. The number of ether oxygens (including phenoxy) is 1. The average molecular weight is 391 g/mol. The molecule has 0 amide bonds. The first-order chi connectivity index (χ1) is 10.9. The van der Waals surface area contributed by atoms with E-state index in [1.165, 1.54) is 11.3 Å². The van der Waals surface area contributed by atoms with Crippen LogP contribution in [0.4, 0.5) is 5.69 Å². The number of likely N-dealkylation sites (N-methyl/N-ethyl adjacent to an activating group) is 1. The largest absolute Gasteiger partial charge is 0.462 e. The molecule has 2 aliphatic rings. The normalized spacial score (nSPS) is 23.6. The van der Waals surface area contributed by atoms with Crippen molar-refractivity contribution < 1.29 is 4.74 Å². The molecule has 0 aliphatic carbocycles. The van der Waals surface area contributed by atoms with Gasteiger partial charge in [-0.2, -0.15) is 0 Å². The van der Waals surface area contributed by atoms with Gasteiger partial charge in [-0.1, -0.05) is 29.8 Å². The highest BCUT2D eigenvalue weighted by Gasteiger charge is 2.57. The summed E-state index contributed by atoms with van der Waals surface area (Å²) in [5.41, 5.74) is 2.75. The van der Waals surface area contributed by atoms with Crippen LogP contribution in [0.5, 0.6) is 5.75 Å². The monoisotopic (exact) mass is 389 g/mol. The molecule has 2 aromatic rings. The summed E-state index contributed by atoms with van der Waals surface area (Å²) in [6, 6.07) is 12.3. The van der Waals surface area contributed by atoms with Crippen LogP contribution in [0.1, 0.15) is 25.0 Å². The van der Waals surface area contributed by atoms with Gasteiger partial charge in [0, 0.05) is 23.3 Å². The third-order valence-corrected chi connectivity index (χ3v) is 5.92. The van der Waals surface area contributed by atoms with Gasteiger partial charge in [0.25, 0.3) is 0 Å². The number of nitrogens with zero attached hydrogens (tertiary/aromatic N) is 1. The minimum Gasteiger partial charge on any atom is -0.462 e. The van der Waals surface area contributed by atoms with Crippen LogP contribution in [0, 0.1) is 0 Å². The second kappa shape index (κ2) is 4.78. The van der Waals surface area contributed by atoms with Gasteiger partial charge >= 0.3 is 0 Å². The highest BCUT2D eigenvalue weighted by Crippen LogP contribution is 2.55. The summed E-state index contributed by atoms with van der Waals surface area (Å²) in [6.07, 6.45) is 4.26. The lowest BCUT2D eigenvalue weighted by molar-refractivity contribution is 0.0574. The molecule has 2 aromatic carbocycles. The lowest BCUT2D eigenvalue weighted by Crippen LogP contribution is -2.58. The van der Waals surface area contributed by atoms with Crippen LogP contribution in [0.2, 0.25) is 5.02 Å². The van der Waals surface area contributed by atoms with Crippen LogP contribution in [0.15, 0.2) is 46.9 Å². The first-order valence-corrected chi connectivity index (χ1v) is 8.74. The average Bonchev–Trinajstić information content (AvgIpc) is 2.68. The Morgan fingerprint density at radius 2 is 1.91 bits per heavy atom. The van der Waals surface area contributed by atoms with Gasteiger partial charge in [0.05, 0.1) is 9.89 Å². The standard InChI is InChI=1S/C19H17BrClNO/c1-18(2)14-6-4-5-7-16(14)22(3)19(18)9-8-12-10-13(21)11-15(20)17(12)23-19/h4-11H,1-3H3. The molecule has 4 heteroatoms. The fourth-order valence-corrected chi connectivity index (χ4v) is 4.72. The third-order valence-electron chi connectivity index (χ3n) is 5.12. The summed E-state index contributed by atoms with van der Waals surface area (Å²) in [5, 5.41) is 0.696. The smallest absolute Gasteiger partial charge is 0.211 e. The molecule has 4 rings (SSSR count). The van der Waals surface area contributed by atoms with Gasteiger partial charge < -0.3 is 9.64 Å². The maximum absolute atomic E-state index is 6.61. The van der Waals surface area contributed by atoms with Gasteiger partial charge in [0.1, 0.15) is 5.75 Å². The quantitative estimate of drug-likeness (QED) is 0.578. The molecule has 1 spiro atoms. The molecule has 2 heterocycles. The minimum absolute atomic E-state index is 0.189. The van der Waals surface area contributed by atoms with Crippen molar-refractivity contribution in [1.82, 2.24) is 0 Å². The van der Waals surface area contributed by atoms with Crippen LogP contribution in [-0.4, -0.2) is 12.8 Å². The first kappa shape index (κ1) is 15.1. The fourth-order valence-electron chi connectivity index (χ4n) is 3.81. The number of halogens is 2. The molecule has 1 unspecified atom stereocenters. The minimum atomic E-state index is -0.556. The summed E-state index contributed by atoms with van der Waals surface area (Å²) in [6.45, 7) is 4.46. The van der Waals surface area contributed by atoms with Crippen LogP contribution in [0.25, 0.3) is 6.08 Å². The van der Waals surface area contributed by atoms with Gasteiger partial charge in [-0.15, -0.1) is 0 Å². The van der Waals surface area contributed by atoms with Gasteiger partial charge in [-0.05, 0) is 65.7 Å². The molecule has 23 heavy (non-hydrogen) atoms. The van der Waals surface area contributed by atoms with Crippen LogP contribution >= 0.6 is 27.5 Å². The Morgan fingerprint density at radius 1 is 1.17 bits per heavy atom. The van der Waals surface area contributed by atoms with Crippen molar-refractivity contribution in [3.8, 4) is 5.75 Å². The zero-order valence-electron chi connectivity index (χ0n) is 13.2. The Kier molecular flexibility index (Phi) is 3.14. The second-order valence-corrected chi connectivity index (χ2v) is 7.93. The van der Waals surface area contributed by atoms with Gasteiger partial charge in [-0.25, -0.2) is 0 Å². The Hall–Kier alpha value is -1.45. The predicted octanol–water partition coefficient (Wildman–Crippen LogP) is 5.63. The Labute approximate surface area is 149 Å². The molecular weight excluding hydrogens is 374 g/mol. The Bertz CT molecular complexity index is 845. The van der Waals surface area contributed by atoms with Crippen molar-refractivity contribution in [2.45, 2.75) is 25.0 Å². The van der Waals surface area contributed by atoms with E-state index in [1.807, 2.05) is 12.1 Å². The van der Waals surface area contributed by atoms with Crippen LogP contribution in [0.3, 0.4) is 0 Å². The molecule has 0 fully saturated rings. The van der Waals surface area contributed by atoms with Gasteiger partial charge in [0.15, 0.2) is 0 Å². The van der Waals surface area contributed by atoms with Crippen molar-refractivity contribution in [1.29, 1.82) is 0 Å². The maximum atomic E-state index is 6.61. The van der Waals surface area contributed by atoms with E-state index >= 15 is 0 Å². The molecule has 118 valence electrons. The van der Waals surface area contributed by atoms with Crippen molar-refractivity contribution in [3.63, 3.8) is 0 Å². The molecule has 2 nitrogen and oxygen atoms in total. The number of hydrogen-bond acceptors (Lipinski definition) is 2. The van der Waals surface area contributed by atoms with E-state index in [9.17, 15) is 0 Å². The van der Waals surface area contributed by atoms with Gasteiger partial charge in [-0.3, -0.25) is 0 Å². The molecule has 0 N–H and O–H groups in total. The molecule has 0 radical (unpaired) electrons. The topological polar surface area (TPSA) is 12.5 Å². The summed E-state index contributed by atoms with van der Waals surface area (Å²) in [7, 11) is 2.09. The van der Waals surface area contributed by atoms with Crippen LogP contribution < -0.4 is 9.64 Å². The first-order valence-electron chi connectivity index (χ1n) is 7.57. The zero-order valence-corrected chi connectivity index (χ0v) is 15.6. The summed E-state index contributed by atoms with van der Waals surface area (Å²) < 4.78 is 7.49.